The zero-order valence-electron chi connectivity index (χ0n) is 13.0. The lowest BCUT2D eigenvalue weighted by atomic mass is 10.1. The van der Waals surface area contributed by atoms with E-state index in [1.807, 2.05) is 0 Å². The number of aromatic nitrogens is 1. The third-order valence-electron chi connectivity index (χ3n) is 3.52. The molecule has 3 aromatic rings. The van der Waals surface area contributed by atoms with Crippen molar-refractivity contribution in [3.63, 3.8) is 0 Å². The zero-order valence-corrected chi connectivity index (χ0v) is 13.0. The van der Waals surface area contributed by atoms with Crippen molar-refractivity contribution >= 4 is 28.5 Å². The van der Waals surface area contributed by atoms with E-state index in [1.54, 1.807) is 25.1 Å². The number of halogens is 1. The fourth-order valence-electron chi connectivity index (χ4n) is 2.35. The van der Waals surface area contributed by atoms with Crippen molar-refractivity contribution in [2.45, 2.75) is 19.8 Å². The fraction of sp³-hybridized carbons (Fsp3) is 0.167. The SMILES string of the molecule is Cc1nc2cc(NC(=O)CCC(=O)c3ccc(F)cc3)ccc2o1. The Morgan fingerprint density at radius 1 is 1.12 bits per heavy atom. The Labute approximate surface area is 137 Å². The van der Waals surface area contributed by atoms with Crippen LogP contribution in [-0.4, -0.2) is 16.7 Å². The second-order valence-corrected chi connectivity index (χ2v) is 5.39. The Kier molecular flexibility index (Phi) is 4.37. The van der Waals surface area contributed by atoms with E-state index in [2.05, 4.69) is 10.3 Å². The van der Waals surface area contributed by atoms with Gasteiger partial charge in [-0.3, -0.25) is 9.59 Å². The maximum Gasteiger partial charge on any atom is 0.224 e. The summed E-state index contributed by atoms with van der Waals surface area (Å²) in [5.74, 6) is -0.320. The Bertz CT molecular complexity index is 900. The largest absolute Gasteiger partial charge is 0.441 e. The molecule has 1 heterocycles. The number of Topliss-reactive ketones (excluding diaryl/α,β-unsaturated/α-hetero) is 1. The minimum atomic E-state index is -0.400. The first-order chi connectivity index (χ1) is 11.5. The van der Waals surface area contributed by atoms with Crippen molar-refractivity contribution in [3.05, 3.63) is 59.7 Å². The molecule has 0 spiro atoms. The van der Waals surface area contributed by atoms with E-state index in [-0.39, 0.29) is 24.5 Å². The lowest BCUT2D eigenvalue weighted by Crippen LogP contribution is -2.13. The minimum absolute atomic E-state index is 0.0477. The lowest BCUT2D eigenvalue weighted by Gasteiger charge is -2.05. The van der Waals surface area contributed by atoms with Crippen LogP contribution >= 0.6 is 0 Å². The third kappa shape index (κ3) is 3.65. The number of rotatable bonds is 5. The van der Waals surface area contributed by atoms with Crippen molar-refractivity contribution in [2.24, 2.45) is 0 Å². The van der Waals surface area contributed by atoms with Gasteiger partial charge < -0.3 is 9.73 Å². The van der Waals surface area contributed by atoms with Gasteiger partial charge in [-0.1, -0.05) is 0 Å². The molecule has 122 valence electrons. The van der Waals surface area contributed by atoms with Gasteiger partial charge in [0.25, 0.3) is 0 Å². The number of nitrogens with one attached hydrogen (secondary N) is 1. The highest BCUT2D eigenvalue weighted by atomic mass is 19.1. The van der Waals surface area contributed by atoms with Gasteiger partial charge in [-0.25, -0.2) is 9.37 Å². The number of carbonyl (C=O) groups is 2. The van der Waals surface area contributed by atoms with Gasteiger partial charge in [-0.05, 0) is 42.5 Å². The molecule has 0 aliphatic rings. The topological polar surface area (TPSA) is 72.2 Å². The molecule has 0 radical (unpaired) electrons. The molecule has 2 aromatic carbocycles. The van der Waals surface area contributed by atoms with Gasteiger partial charge in [-0.2, -0.15) is 0 Å². The van der Waals surface area contributed by atoms with Crippen molar-refractivity contribution in [1.82, 2.24) is 4.98 Å². The molecule has 0 fully saturated rings. The molecule has 1 amide bonds. The van der Waals surface area contributed by atoms with Gasteiger partial charge in [0, 0.05) is 31.0 Å². The van der Waals surface area contributed by atoms with Crippen LogP contribution in [0.2, 0.25) is 0 Å². The number of benzene rings is 2. The van der Waals surface area contributed by atoms with Crippen LogP contribution in [0.1, 0.15) is 29.1 Å². The van der Waals surface area contributed by atoms with Crippen LogP contribution in [0, 0.1) is 12.7 Å². The van der Waals surface area contributed by atoms with Crippen molar-refractivity contribution in [1.29, 1.82) is 0 Å². The number of ketones is 1. The first-order valence-electron chi connectivity index (χ1n) is 7.47. The van der Waals surface area contributed by atoms with Gasteiger partial charge in [0.05, 0.1) is 0 Å². The molecule has 1 N–H and O–H groups in total. The molecule has 0 saturated carbocycles. The number of aryl methyl sites for hydroxylation is 1. The van der Waals surface area contributed by atoms with E-state index in [1.165, 1.54) is 24.3 Å². The molecule has 6 heteroatoms. The van der Waals surface area contributed by atoms with Crippen molar-refractivity contribution in [2.75, 3.05) is 5.32 Å². The Morgan fingerprint density at radius 3 is 2.62 bits per heavy atom. The lowest BCUT2D eigenvalue weighted by molar-refractivity contribution is -0.116. The molecular weight excluding hydrogens is 311 g/mol. The number of nitrogens with zero attached hydrogens (tertiary/aromatic N) is 1. The Morgan fingerprint density at radius 2 is 1.88 bits per heavy atom. The van der Waals surface area contributed by atoms with Gasteiger partial charge in [0.15, 0.2) is 17.3 Å². The highest BCUT2D eigenvalue weighted by Crippen LogP contribution is 2.20. The number of hydrogen-bond donors (Lipinski definition) is 1. The molecule has 0 atom stereocenters. The average Bonchev–Trinajstić information content (AvgIpc) is 2.92. The Hall–Kier alpha value is -3.02. The first kappa shape index (κ1) is 15.9. The number of amides is 1. The van der Waals surface area contributed by atoms with Crippen molar-refractivity contribution < 1.29 is 18.4 Å². The van der Waals surface area contributed by atoms with Crippen LogP contribution in [0.25, 0.3) is 11.1 Å². The summed E-state index contributed by atoms with van der Waals surface area (Å²) in [6.45, 7) is 1.75. The summed E-state index contributed by atoms with van der Waals surface area (Å²) >= 11 is 0. The van der Waals surface area contributed by atoms with Gasteiger partial charge >= 0.3 is 0 Å². The summed E-state index contributed by atoms with van der Waals surface area (Å²) in [7, 11) is 0. The predicted octanol–water partition coefficient (Wildman–Crippen LogP) is 3.88. The van der Waals surface area contributed by atoms with Crippen LogP contribution in [0.15, 0.2) is 46.9 Å². The van der Waals surface area contributed by atoms with Crippen LogP contribution in [-0.2, 0) is 4.79 Å². The quantitative estimate of drug-likeness (QED) is 0.722. The third-order valence-corrected chi connectivity index (χ3v) is 3.52. The monoisotopic (exact) mass is 326 g/mol. The van der Waals surface area contributed by atoms with E-state index < -0.39 is 5.82 Å². The van der Waals surface area contributed by atoms with Gasteiger partial charge in [-0.15, -0.1) is 0 Å². The molecule has 5 nitrogen and oxygen atoms in total. The normalized spacial score (nSPS) is 10.8. The maximum atomic E-state index is 12.8. The molecule has 0 aliphatic heterocycles. The molecule has 3 rings (SSSR count). The van der Waals surface area contributed by atoms with Crippen LogP contribution in [0.5, 0.6) is 0 Å². The zero-order chi connectivity index (χ0) is 17.1. The van der Waals surface area contributed by atoms with Gasteiger partial charge in [0.2, 0.25) is 5.91 Å². The second-order valence-electron chi connectivity index (χ2n) is 5.39. The summed E-state index contributed by atoms with van der Waals surface area (Å²) in [5, 5.41) is 2.73. The van der Waals surface area contributed by atoms with Crippen LogP contribution < -0.4 is 5.32 Å². The van der Waals surface area contributed by atoms with E-state index in [4.69, 9.17) is 4.42 Å². The maximum absolute atomic E-state index is 12.8. The number of anilines is 1. The number of oxazole rings is 1. The number of fused-ring (bicyclic) bond motifs is 1. The van der Waals surface area contributed by atoms with Crippen molar-refractivity contribution in [3.8, 4) is 0 Å². The van der Waals surface area contributed by atoms with E-state index in [9.17, 15) is 14.0 Å². The summed E-state index contributed by atoms with van der Waals surface area (Å²) in [6, 6.07) is 10.4. The first-order valence-corrected chi connectivity index (χ1v) is 7.47. The molecule has 0 unspecified atom stereocenters. The smallest absolute Gasteiger partial charge is 0.224 e. The fourth-order valence-corrected chi connectivity index (χ4v) is 2.35. The minimum Gasteiger partial charge on any atom is -0.441 e. The predicted molar refractivity (Wildman–Crippen MR) is 87.3 cm³/mol. The number of hydrogen-bond acceptors (Lipinski definition) is 4. The molecular formula is C18H15FN2O3. The van der Waals surface area contributed by atoms with Crippen LogP contribution in [0.3, 0.4) is 0 Å². The molecule has 0 bridgehead atoms. The highest BCUT2D eigenvalue weighted by molar-refractivity contribution is 6.00. The summed E-state index contributed by atoms with van der Waals surface area (Å²) in [5.41, 5.74) is 2.29. The highest BCUT2D eigenvalue weighted by Gasteiger charge is 2.11. The molecule has 1 aromatic heterocycles. The Balaban J connectivity index is 1.58. The van der Waals surface area contributed by atoms with Gasteiger partial charge in [0.1, 0.15) is 11.3 Å². The standard InChI is InChI=1S/C18H15FN2O3/c1-11-20-15-10-14(6-8-17(15)24-11)21-18(23)9-7-16(22)12-2-4-13(19)5-3-12/h2-6,8,10H,7,9H2,1H3,(H,21,23). The van der Waals surface area contributed by atoms with Crippen LogP contribution in [0.4, 0.5) is 10.1 Å². The van der Waals surface area contributed by atoms with E-state index in [0.717, 1.165) is 0 Å². The summed E-state index contributed by atoms with van der Waals surface area (Å²) in [4.78, 5) is 28.1. The average molecular weight is 326 g/mol. The summed E-state index contributed by atoms with van der Waals surface area (Å²) in [6.07, 6.45) is 0.106. The van der Waals surface area contributed by atoms with E-state index in [0.29, 0.717) is 28.2 Å². The van der Waals surface area contributed by atoms with E-state index >= 15 is 0 Å². The molecule has 0 aliphatic carbocycles. The number of carbonyl (C=O) groups excluding carboxylic acids is 2. The second kappa shape index (κ2) is 6.62. The molecule has 0 saturated heterocycles. The molecule has 24 heavy (non-hydrogen) atoms. The summed E-state index contributed by atoms with van der Waals surface area (Å²) < 4.78 is 18.2.